The van der Waals surface area contributed by atoms with Gasteiger partial charge in [-0.1, -0.05) is 76.2 Å². The van der Waals surface area contributed by atoms with Crippen molar-refractivity contribution >= 4 is 34.5 Å². The quantitative estimate of drug-likeness (QED) is 0.273. The van der Waals surface area contributed by atoms with E-state index in [1.807, 2.05) is 12.1 Å². The van der Waals surface area contributed by atoms with Gasteiger partial charge >= 0.3 is 7.12 Å². The molecule has 4 heteroatoms. The van der Waals surface area contributed by atoms with Crippen molar-refractivity contribution in [2.24, 2.45) is 0 Å². The van der Waals surface area contributed by atoms with Crippen molar-refractivity contribution in [1.82, 2.24) is 0 Å². The van der Waals surface area contributed by atoms with Crippen molar-refractivity contribution in [3.05, 3.63) is 65.7 Å². The van der Waals surface area contributed by atoms with Crippen LogP contribution in [0.25, 0.3) is 33.1 Å². The molecule has 1 saturated heterocycles. The lowest BCUT2D eigenvalue weighted by Gasteiger charge is -2.42. The minimum atomic E-state index is -0.435. The Morgan fingerprint density at radius 3 is 2.03 bits per heavy atom. The summed E-state index contributed by atoms with van der Waals surface area (Å²) in [5.41, 5.74) is 7.65. The van der Waals surface area contributed by atoms with E-state index in [0.717, 1.165) is 33.0 Å². The molecule has 0 saturated carbocycles. The van der Waals surface area contributed by atoms with Gasteiger partial charge in [-0.25, -0.2) is 0 Å². The van der Waals surface area contributed by atoms with Crippen LogP contribution in [-0.4, -0.2) is 18.3 Å². The van der Waals surface area contributed by atoms with Gasteiger partial charge in [-0.2, -0.15) is 0 Å². The van der Waals surface area contributed by atoms with E-state index in [1.54, 1.807) is 0 Å². The average Bonchev–Trinajstić information content (AvgIpc) is 3.30. The van der Waals surface area contributed by atoms with E-state index in [9.17, 15) is 0 Å². The molecule has 6 rings (SSSR count). The molecular formula is C32H37BO3. The molecule has 0 spiro atoms. The zero-order valence-corrected chi connectivity index (χ0v) is 22.9. The minimum Gasteiger partial charge on any atom is -0.455 e. The third-order valence-corrected chi connectivity index (χ3v) is 9.23. The second-order valence-electron chi connectivity index (χ2n) is 13.1. The molecular weight excluding hydrogens is 443 g/mol. The molecule has 2 heterocycles. The van der Waals surface area contributed by atoms with Crippen LogP contribution in [0.1, 0.15) is 79.4 Å². The SMILES string of the molecule is CC1(C)CCC(C)(C)c2cc(-c3cccc4c3oc3cccc(B5OC(C)(C)C(C)(C)O5)c34)ccc21. The van der Waals surface area contributed by atoms with Gasteiger partial charge in [0, 0.05) is 16.3 Å². The number of fused-ring (bicyclic) bond motifs is 4. The maximum absolute atomic E-state index is 6.57. The van der Waals surface area contributed by atoms with Crippen molar-refractivity contribution in [2.45, 2.75) is 90.3 Å². The highest BCUT2D eigenvalue weighted by Crippen LogP contribution is 2.47. The van der Waals surface area contributed by atoms with Crippen molar-refractivity contribution in [3.63, 3.8) is 0 Å². The molecule has 0 unspecified atom stereocenters. The highest BCUT2D eigenvalue weighted by Gasteiger charge is 2.52. The molecule has 0 bridgehead atoms. The van der Waals surface area contributed by atoms with Crippen molar-refractivity contribution in [3.8, 4) is 11.1 Å². The summed E-state index contributed by atoms with van der Waals surface area (Å²) in [5.74, 6) is 0. The molecule has 1 aliphatic heterocycles. The molecule has 0 atom stereocenters. The molecule has 0 N–H and O–H groups in total. The van der Waals surface area contributed by atoms with Gasteiger partial charge in [-0.3, -0.25) is 0 Å². The van der Waals surface area contributed by atoms with Gasteiger partial charge < -0.3 is 13.7 Å². The number of furan rings is 1. The van der Waals surface area contributed by atoms with Gasteiger partial charge in [0.25, 0.3) is 0 Å². The van der Waals surface area contributed by atoms with E-state index in [0.29, 0.717) is 0 Å². The van der Waals surface area contributed by atoms with Crippen molar-refractivity contribution < 1.29 is 13.7 Å². The summed E-state index contributed by atoms with van der Waals surface area (Å²) in [6.07, 6.45) is 2.41. The number of rotatable bonds is 2. The topological polar surface area (TPSA) is 31.6 Å². The van der Waals surface area contributed by atoms with Gasteiger partial charge in [-0.05, 0) is 79.6 Å². The Bertz CT molecular complexity index is 1490. The molecule has 1 fully saturated rings. The van der Waals surface area contributed by atoms with Gasteiger partial charge in [0.05, 0.1) is 11.2 Å². The van der Waals surface area contributed by atoms with E-state index in [2.05, 4.69) is 97.9 Å². The Labute approximate surface area is 215 Å². The van der Waals surface area contributed by atoms with Crippen molar-refractivity contribution in [1.29, 1.82) is 0 Å². The van der Waals surface area contributed by atoms with E-state index in [4.69, 9.17) is 13.7 Å². The van der Waals surface area contributed by atoms with Crippen LogP contribution in [0.3, 0.4) is 0 Å². The minimum absolute atomic E-state index is 0.159. The highest BCUT2D eigenvalue weighted by atomic mass is 16.7. The summed E-state index contributed by atoms with van der Waals surface area (Å²) in [5, 5.41) is 2.18. The smallest absolute Gasteiger partial charge is 0.455 e. The lowest BCUT2D eigenvalue weighted by molar-refractivity contribution is 0.00578. The second-order valence-corrected chi connectivity index (χ2v) is 13.1. The number of hydrogen-bond acceptors (Lipinski definition) is 3. The zero-order chi connectivity index (χ0) is 25.7. The molecule has 0 amide bonds. The summed E-state index contributed by atoms with van der Waals surface area (Å²) in [6.45, 7) is 17.9. The molecule has 1 aromatic heterocycles. The average molecular weight is 480 g/mol. The first-order chi connectivity index (χ1) is 16.8. The number of para-hydroxylation sites is 1. The van der Waals surface area contributed by atoms with Crippen LogP contribution in [0.2, 0.25) is 0 Å². The van der Waals surface area contributed by atoms with E-state index >= 15 is 0 Å². The Morgan fingerprint density at radius 2 is 1.33 bits per heavy atom. The Hall–Kier alpha value is -2.56. The van der Waals surface area contributed by atoms with Crippen molar-refractivity contribution in [2.75, 3.05) is 0 Å². The molecule has 0 radical (unpaired) electrons. The fourth-order valence-corrected chi connectivity index (χ4v) is 6.03. The fourth-order valence-electron chi connectivity index (χ4n) is 6.03. The van der Waals surface area contributed by atoms with Gasteiger partial charge in [0.1, 0.15) is 11.2 Å². The normalized spacial score (nSPS) is 21.7. The summed E-state index contributed by atoms with van der Waals surface area (Å²) in [7, 11) is -0.435. The van der Waals surface area contributed by atoms with Crippen LogP contribution in [0.5, 0.6) is 0 Å². The highest BCUT2D eigenvalue weighted by molar-refractivity contribution is 6.66. The summed E-state index contributed by atoms with van der Waals surface area (Å²) < 4.78 is 19.4. The third kappa shape index (κ3) is 3.41. The van der Waals surface area contributed by atoms with Crippen LogP contribution >= 0.6 is 0 Å². The standard InChI is InChI=1S/C32H37BO3/c1-29(2)17-18-30(3,4)24-19-20(15-16-23(24)29)21-11-9-12-22-27-25(13-10-14-26(27)34-28(21)22)33-35-31(5,6)32(7,8)36-33/h9-16,19H,17-18H2,1-8H3. The maximum atomic E-state index is 6.57. The molecule has 3 aromatic carbocycles. The summed E-state index contributed by atoms with van der Waals surface area (Å²) in [4.78, 5) is 0. The molecule has 4 aromatic rings. The zero-order valence-electron chi connectivity index (χ0n) is 22.9. The van der Waals surface area contributed by atoms with Crippen LogP contribution in [0.15, 0.2) is 59.0 Å². The predicted molar refractivity (Wildman–Crippen MR) is 150 cm³/mol. The Balaban J connectivity index is 1.53. The van der Waals surface area contributed by atoms with Crippen LogP contribution < -0.4 is 5.46 Å². The summed E-state index contributed by atoms with van der Waals surface area (Å²) >= 11 is 0. The largest absolute Gasteiger partial charge is 0.495 e. The lowest BCUT2D eigenvalue weighted by Crippen LogP contribution is -2.41. The number of hydrogen-bond donors (Lipinski definition) is 0. The summed E-state index contributed by atoms with van der Waals surface area (Å²) in [6, 6.07) is 19.7. The second kappa shape index (κ2) is 7.49. The van der Waals surface area contributed by atoms with Crippen LogP contribution in [0.4, 0.5) is 0 Å². The molecule has 36 heavy (non-hydrogen) atoms. The van der Waals surface area contributed by atoms with Gasteiger partial charge in [0.2, 0.25) is 0 Å². The van der Waals surface area contributed by atoms with Gasteiger partial charge in [-0.15, -0.1) is 0 Å². The number of benzene rings is 3. The molecule has 2 aliphatic rings. The first-order valence-electron chi connectivity index (χ1n) is 13.3. The monoisotopic (exact) mass is 480 g/mol. The van der Waals surface area contributed by atoms with Gasteiger partial charge in [0.15, 0.2) is 0 Å². The molecule has 1 aliphatic carbocycles. The van der Waals surface area contributed by atoms with Crippen LogP contribution in [-0.2, 0) is 20.1 Å². The maximum Gasteiger partial charge on any atom is 0.495 e. The van der Waals surface area contributed by atoms with E-state index < -0.39 is 18.3 Å². The fraction of sp³-hybridized carbons (Fsp3) is 0.438. The first kappa shape index (κ1) is 23.8. The lowest BCUT2D eigenvalue weighted by atomic mass is 9.63. The van der Waals surface area contributed by atoms with Crippen LogP contribution in [0, 0.1) is 0 Å². The Kier molecular flexibility index (Phi) is 4.96. The first-order valence-corrected chi connectivity index (χ1v) is 13.3. The molecule has 186 valence electrons. The Morgan fingerprint density at radius 1 is 0.694 bits per heavy atom. The molecule has 3 nitrogen and oxygen atoms in total. The van der Waals surface area contributed by atoms with E-state index in [1.165, 1.54) is 29.5 Å². The van der Waals surface area contributed by atoms with E-state index in [-0.39, 0.29) is 10.8 Å². The predicted octanol–water partition coefficient (Wildman–Crippen LogP) is 7.90. The third-order valence-electron chi connectivity index (χ3n) is 9.23.